The van der Waals surface area contributed by atoms with Crippen molar-refractivity contribution in [2.45, 2.75) is 114 Å². The van der Waals surface area contributed by atoms with Gasteiger partial charge in [0.05, 0.1) is 29.0 Å². The van der Waals surface area contributed by atoms with Crippen LogP contribution in [-0.2, 0) is 0 Å². The molecule has 0 bridgehead atoms. The number of ether oxygens (including phenoxy) is 1. The zero-order valence-electron chi connectivity index (χ0n) is 41.6. The van der Waals surface area contributed by atoms with Gasteiger partial charge in [0.1, 0.15) is 11.9 Å². The van der Waals surface area contributed by atoms with Crippen LogP contribution in [0.5, 0.6) is 5.75 Å². The van der Waals surface area contributed by atoms with E-state index in [9.17, 15) is 0 Å². The van der Waals surface area contributed by atoms with Gasteiger partial charge in [-0.15, -0.1) is 0 Å². The highest BCUT2D eigenvalue weighted by atomic mass is 16.5. The summed E-state index contributed by atoms with van der Waals surface area (Å²) >= 11 is 0. The number of allylic oxidation sites excluding steroid dienone is 12. The number of likely N-dealkylation sites (N-methyl/N-ethyl adjacent to an activating group) is 1. The van der Waals surface area contributed by atoms with Crippen molar-refractivity contribution in [3.8, 4) is 5.75 Å². The van der Waals surface area contributed by atoms with Gasteiger partial charge >= 0.3 is 0 Å². The highest BCUT2D eigenvalue weighted by Crippen LogP contribution is 2.52. The first-order chi connectivity index (χ1) is 34.9. The molecule has 1 saturated heterocycles. The third kappa shape index (κ3) is 7.73. The molecule has 358 valence electrons. The third-order valence-electron chi connectivity index (χ3n) is 17.1. The number of dihydropyridines is 1. The Kier molecular flexibility index (Phi) is 11.5. The van der Waals surface area contributed by atoms with Gasteiger partial charge in [0, 0.05) is 57.3 Å². The van der Waals surface area contributed by atoms with Gasteiger partial charge in [0.2, 0.25) is 0 Å². The largest absolute Gasteiger partial charge is 0.484 e. The first kappa shape index (κ1) is 44.5. The molecule has 4 heterocycles. The van der Waals surface area contributed by atoms with E-state index >= 15 is 0 Å². The predicted molar refractivity (Wildman–Crippen MR) is 295 cm³/mol. The molecule has 71 heavy (non-hydrogen) atoms. The lowest BCUT2D eigenvalue weighted by molar-refractivity contribution is 0.0157. The summed E-state index contributed by atoms with van der Waals surface area (Å²) in [4.78, 5) is 2.55. The van der Waals surface area contributed by atoms with E-state index < -0.39 is 5.66 Å². The molecule has 13 rings (SSSR count). The number of fused-ring (bicyclic) bond motifs is 7. The van der Waals surface area contributed by atoms with E-state index in [0.29, 0.717) is 18.4 Å². The summed E-state index contributed by atoms with van der Waals surface area (Å²) in [7, 11) is 2.31. The molecule has 1 aromatic heterocycles. The van der Waals surface area contributed by atoms with Crippen LogP contribution in [0.1, 0.15) is 124 Å². The maximum absolute atomic E-state index is 7.36. The van der Waals surface area contributed by atoms with Crippen LogP contribution in [-0.4, -0.2) is 41.0 Å². The molecule has 1 fully saturated rings. The van der Waals surface area contributed by atoms with E-state index in [2.05, 4.69) is 210 Å². The van der Waals surface area contributed by atoms with Crippen LogP contribution in [0.3, 0.4) is 0 Å². The third-order valence-corrected chi connectivity index (χ3v) is 17.1. The first-order valence-electron chi connectivity index (χ1n) is 26.8. The van der Waals surface area contributed by atoms with Crippen LogP contribution in [0.2, 0.25) is 0 Å². The fourth-order valence-corrected chi connectivity index (χ4v) is 13.3. The molecule has 6 heteroatoms. The first-order valence-corrected chi connectivity index (χ1v) is 26.8. The molecule has 8 aliphatic rings. The molecular formula is C65H67N5O. The van der Waals surface area contributed by atoms with Crippen LogP contribution in [0.4, 0.5) is 0 Å². The summed E-state index contributed by atoms with van der Waals surface area (Å²) < 4.78 is 9.83. The van der Waals surface area contributed by atoms with Gasteiger partial charge in [-0.1, -0.05) is 140 Å². The van der Waals surface area contributed by atoms with Crippen LogP contribution in [0.25, 0.3) is 38.6 Å². The highest BCUT2D eigenvalue weighted by molar-refractivity contribution is 6.13. The van der Waals surface area contributed by atoms with Crippen molar-refractivity contribution in [3.63, 3.8) is 0 Å². The van der Waals surface area contributed by atoms with E-state index in [1.807, 2.05) is 0 Å². The van der Waals surface area contributed by atoms with Crippen molar-refractivity contribution >= 4 is 38.6 Å². The molecule has 5 aromatic rings. The smallest absolute Gasteiger partial charge is 0.136 e. The Morgan fingerprint density at radius 1 is 0.761 bits per heavy atom. The molecule has 6 nitrogen and oxygen atoms in total. The second-order valence-corrected chi connectivity index (χ2v) is 21.5. The standard InChI is InChI=1S/C65H67N5O/c1-42-20-18-27-46(38-42)47-34-35-50(43-21-8-4-9-22-43)54(39-47)48-40-55(65(2)68-63(44-23-10-5-11-24-44)67-64(69(65)3)45-25-12-6-13-26-45)61(66-41-48)53-32-19-31-52-60-58(71-62(52)53)37-36-57-59(60)51-30-16-17-33-56(51)70(57)49-28-14-7-15-29-49/h5,10-12,14,16-19,21,23-37,39-40,42,46,52,62-64,66-68H,4,6-9,13,15,20,22,38,41H2,1-3H3. The minimum atomic E-state index is -0.648. The monoisotopic (exact) mass is 934 g/mol. The lowest BCUT2D eigenvalue weighted by Crippen LogP contribution is -2.71. The van der Waals surface area contributed by atoms with Gasteiger partial charge in [0.15, 0.2) is 0 Å². The van der Waals surface area contributed by atoms with E-state index in [0.717, 1.165) is 56.4 Å². The summed E-state index contributed by atoms with van der Waals surface area (Å²) in [6.07, 6.45) is 42.2. The number of aromatic nitrogens is 1. The Morgan fingerprint density at radius 3 is 2.44 bits per heavy atom. The van der Waals surface area contributed by atoms with Gasteiger partial charge in [-0.2, -0.15) is 0 Å². The average Bonchev–Trinajstić information content (AvgIpc) is 3.98. The van der Waals surface area contributed by atoms with E-state index in [1.165, 1.54) is 102 Å². The summed E-state index contributed by atoms with van der Waals surface area (Å²) in [6.45, 7) is 5.54. The van der Waals surface area contributed by atoms with Gasteiger partial charge in [-0.3, -0.25) is 15.5 Å². The number of benzene rings is 4. The van der Waals surface area contributed by atoms with Crippen molar-refractivity contribution in [2.24, 2.45) is 5.92 Å². The molecule has 0 amide bonds. The maximum Gasteiger partial charge on any atom is 0.136 e. The van der Waals surface area contributed by atoms with Gasteiger partial charge < -0.3 is 14.6 Å². The topological polar surface area (TPSA) is 53.5 Å². The Bertz CT molecular complexity index is 3270. The minimum absolute atomic E-state index is 0.0334. The number of hydrogen-bond donors (Lipinski definition) is 3. The fourth-order valence-electron chi connectivity index (χ4n) is 13.3. The Morgan fingerprint density at radius 2 is 1.62 bits per heavy atom. The summed E-state index contributed by atoms with van der Waals surface area (Å²) in [5.74, 6) is 2.11. The summed E-state index contributed by atoms with van der Waals surface area (Å²) in [5.41, 5.74) is 17.5. The molecule has 5 aliphatic carbocycles. The van der Waals surface area contributed by atoms with Crippen molar-refractivity contribution < 1.29 is 4.74 Å². The normalized spacial score (nSPS) is 28.4. The van der Waals surface area contributed by atoms with Crippen molar-refractivity contribution in [1.82, 2.24) is 25.4 Å². The SMILES string of the molecule is CC1CC=CC(c2ccc(C3=CCCCC3)c(C3=CC(C4(C)NC(c5ccccc5)NC(C5=CCCC=C5)N4C)=C(C4=CC=CC5c6c(ccc7c6c6ccccc6n7C6=CCCC=C6)OC45)NC3)c2)C1. The van der Waals surface area contributed by atoms with Crippen LogP contribution >= 0.6 is 0 Å². The number of nitrogens with zero attached hydrogens (tertiary/aromatic N) is 2. The average molecular weight is 934 g/mol. The van der Waals surface area contributed by atoms with Crippen LogP contribution in [0, 0.1) is 5.92 Å². The Hall–Kier alpha value is -6.44. The number of hydrogen-bond acceptors (Lipinski definition) is 5. The number of nitrogens with one attached hydrogen (secondary N) is 3. The van der Waals surface area contributed by atoms with Gasteiger partial charge in [-0.25, -0.2) is 0 Å². The molecule has 7 unspecified atom stereocenters. The van der Waals surface area contributed by atoms with Crippen molar-refractivity contribution in [2.75, 3.05) is 13.6 Å². The second-order valence-electron chi connectivity index (χ2n) is 21.5. The van der Waals surface area contributed by atoms with E-state index in [-0.39, 0.29) is 24.4 Å². The number of para-hydroxylation sites is 1. The zero-order valence-corrected chi connectivity index (χ0v) is 41.6. The predicted octanol–water partition coefficient (Wildman–Crippen LogP) is 14.4. The minimum Gasteiger partial charge on any atom is -0.484 e. The second kappa shape index (κ2) is 18.3. The van der Waals surface area contributed by atoms with Crippen molar-refractivity contribution in [1.29, 1.82) is 0 Å². The molecule has 4 aromatic carbocycles. The molecule has 3 aliphatic heterocycles. The molecule has 0 spiro atoms. The number of rotatable bonds is 8. The van der Waals surface area contributed by atoms with Crippen LogP contribution < -0.4 is 20.7 Å². The summed E-state index contributed by atoms with van der Waals surface area (Å²) in [6, 6.07) is 31.9. The zero-order chi connectivity index (χ0) is 47.6. The molecular weight excluding hydrogens is 867 g/mol. The fraction of sp³-hybridized carbons (Fsp3) is 0.323. The Labute approximate surface area is 420 Å². The Balaban J connectivity index is 0.994. The molecule has 0 saturated carbocycles. The van der Waals surface area contributed by atoms with Crippen molar-refractivity contribution in [3.05, 3.63) is 214 Å². The van der Waals surface area contributed by atoms with Gasteiger partial charge in [0.25, 0.3) is 0 Å². The molecule has 3 N–H and O–H groups in total. The highest BCUT2D eigenvalue weighted by Gasteiger charge is 2.48. The lowest BCUT2D eigenvalue weighted by Gasteiger charge is -2.54. The quantitative estimate of drug-likeness (QED) is 0.135. The van der Waals surface area contributed by atoms with Gasteiger partial charge in [-0.05, 0) is 153 Å². The molecule has 0 radical (unpaired) electrons. The summed E-state index contributed by atoms with van der Waals surface area (Å²) in [5, 5.41) is 15.2. The van der Waals surface area contributed by atoms with E-state index in [4.69, 9.17) is 4.74 Å². The lowest BCUT2D eigenvalue weighted by atomic mass is 9.78. The molecule has 7 atom stereocenters. The van der Waals surface area contributed by atoms with Crippen LogP contribution in [0.15, 0.2) is 186 Å². The van der Waals surface area contributed by atoms with E-state index in [1.54, 1.807) is 0 Å². The maximum atomic E-state index is 7.36.